The fourth-order valence-electron chi connectivity index (χ4n) is 3.31. The monoisotopic (exact) mass is 302 g/mol. The average Bonchev–Trinajstić information content (AvgIpc) is 2.62. The predicted octanol–water partition coefficient (Wildman–Crippen LogP) is 1.85. The standard InChI is InChI=1S/C17H26N4O/c1-2-19-10-12-21(13-11-19)17(22)16-14-15(6-7-18-16)20-8-4-3-5-9-20/h6-7,14H,2-5,8-13H2,1H3. The molecule has 0 aromatic carbocycles. The first-order valence-corrected chi connectivity index (χ1v) is 8.50. The van der Waals surface area contributed by atoms with Gasteiger partial charge in [0.2, 0.25) is 0 Å². The fourth-order valence-corrected chi connectivity index (χ4v) is 3.31. The molecular formula is C17H26N4O. The molecule has 1 amide bonds. The molecule has 0 aliphatic carbocycles. The van der Waals surface area contributed by atoms with Crippen molar-refractivity contribution in [1.82, 2.24) is 14.8 Å². The number of piperazine rings is 1. The minimum atomic E-state index is 0.0783. The minimum Gasteiger partial charge on any atom is -0.371 e. The van der Waals surface area contributed by atoms with Crippen molar-refractivity contribution in [2.75, 3.05) is 50.7 Å². The normalized spacial score (nSPS) is 20.2. The second-order valence-corrected chi connectivity index (χ2v) is 6.17. The zero-order valence-corrected chi connectivity index (χ0v) is 13.5. The van der Waals surface area contributed by atoms with E-state index in [0.717, 1.165) is 51.5 Å². The van der Waals surface area contributed by atoms with E-state index in [-0.39, 0.29) is 5.91 Å². The Kier molecular flexibility index (Phi) is 4.93. The highest BCUT2D eigenvalue weighted by atomic mass is 16.2. The average molecular weight is 302 g/mol. The van der Waals surface area contributed by atoms with E-state index in [1.54, 1.807) is 6.20 Å². The third-order valence-electron chi connectivity index (χ3n) is 4.79. The molecule has 3 rings (SSSR count). The molecule has 0 saturated carbocycles. The summed E-state index contributed by atoms with van der Waals surface area (Å²) in [7, 11) is 0. The molecule has 5 nitrogen and oxygen atoms in total. The van der Waals surface area contributed by atoms with Gasteiger partial charge in [0.15, 0.2) is 0 Å². The molecule has 120 valence electrons. The topological polar surface area (TPSA) is 39.7 Å². The number of likely N-dealkylation sites (N-methyl/N-ethyl adjacent to an activating group) is 1. The number of anilines is 1. The van der Waals surface area contributed by atoms with E-state index in [2.05, 4.69) is 21.7 Å². The highest BCUT2D eigenvalue weighted by Gasteiger charge is 2.23. The van der Waals surface area contributed by atoms with Crippen LogP contribution in [0.4, 0.5) is 5.69 Å². The van der Waals surface area contributed by atoms with E-state index < -0.39 is 0 Å². The lowest BCUT2D eigenvalue weighted by Gasteiger charge is -2.34. The summed E-state index contributed by atoms with van der Waals surface area (Å²) < 4.78 is 0. The Morgan fingerprint density at radius 2 is 1.82 bits per heavy atom. The lowest BCUT2D eigenvalue weighted by molar-refractivity contribution is 0.0637. The highest BCUT2D eigenvalue weighted by molar-refractivity contribution is 5.93. The van der Waals surface area contributed by atoms with Crippen LogP contribution in [0.1, 0.15) is 36.7 Å². The van der Waals surface area contributed by atoms with E-state index >= 15 is 0 Å². The van der Waals surface area contributed by atoms with Gasteiger partial charge in [0.1, 0.15) is 5.69 Å². The minimum absolute atomic E-state index is 0.0783. The van der Waals surface area contributed by atoms with E-state index in [0.29, 0.717) is 5.69 Å². The number of amides is 1. The van der Waals surface area contributed by atoms with Crippen molar-refractivity contribution < 1.29 is 4.79 Å². The van der Waals surface area contributed by atoms with Crippen molar-refractivity contribution in [3.8, 4) is 0 Å². The smallest absolute Gasteiger partial charge is 0.272 e. The van der Waals surface area contributed by atoms with Gasteiger partial charge < -0.3 is 14.7 Å². The number of hydrogen-bond donors (Lipinski definition) is 0. The van der Waals surface area contributed by atoms with Crippen molar-refractivity contribution >= 4 is 11.6 Å². The number of rotatable bonds is 3. The molecule has 2 saturated heterocycles. The Balaban J connectivity index is 1.67. The number of carbonyl (C=O) groups excluding carboxylic acids is 1. The molecule has 3 heterocycles. The van der Waals surface area contributed by atoms with E-state index in [9.17, 15) is 4.79 Å². The van der Waals surface area contributed by atoms with Gasteiger partial charge in [-0.05, 0) is 37.9 Å². The zero-order valence-electron chi connectivity index (χ0n) is 13.5. The van der Waals surface area contributed by atoms with Crippen LogP contribution < -0.4 is 4.90 Å². The van der Waals surface area contributed by atoms with Crippen LogP contribution in [-0.4, -0.2) is 66.5 Å². The quantitative estimate of drug-likeness (QED) is 0.854. The molecule has 0 N–H and O–H groups in total. The lowest BCUT2D eigenvalue weighted by atomic mass is 10.1. The molecule has 5 heteroatoms. The lowest BCUT2D eigenvalue weighted by Crippen LogP contribution is -2.48. The Morgan fingerprint density at radius 1 is 1.09 bits per heavy atom. The van der Waals surface area contributed by atoms with Crippen LogP contribution in [0.2, 0.25) is 0 Å². The summed E-state index contributed by atoms with van der Waals surface area (Å²) in [5.74, 6) is 0.0783. The van der Waals surface area contributed by atoms with Crippen LogP contribution >= 0.6 is 0 Å². The van der Waals surface area contributed by atoms with Crippen LogP contribution in [0.25, 0.3) is 0 Å². The molecule has 2 aliphatic rings. The van der Waals surface area contributed by atoms with Crippen molar-refractivity contribution in [3.05, 3.63) is 24.0 Å². The molecule has 0 atom stereocenters. The second-order valence-electron chi connectivity index (χ2n) is 6.17. The van der Waals surface area contributed by atoms with E-state index in [4.69, 9.17) is 0 Å². The van der Waals surface area contributed by atoms with E-state index in [1.165, 1.54) is 19.3 Å². The Labute approximate surface area is 132 Å². The van der Waals surface area contributed by atoms with Gasteiger partial charge in [-0.25, -0.2) is 0 Å². The van der Waals surface area contributed by atoms with Crippen molar-refractivity contribution in [3.63, 3.8) is 0 Å². The number of piperidine rings is 1. The molecule has 0 bridgehead atoms. The van der Waals surface area contributed by atoms with Crippen molar-refractivity contribution in [2.24, 2.45) is 0 Å². The van der Waals surface area contributed by atoms with Crippen molar-refractivity contribution in [2.45, 2.75) is 26.2 Å². The van der Waals surface area contributed by atoms with Crippen LogP contribution in [0.5, 0.6) is 0 Å². The van der Waals surface area contributed by atoms with Crippen LogP contribution in [0.3, 0.4) is 0 Å². The van der Waals surface area contributed by atoms with Gasteiger partial charge in [0, 0.05) is 51.2 Å². The second kappa shape index (κ2) is 7.09. The first kappa shape index (κ1) is 15.3. The summed E-state index contributed by atoms with van der Waals surface area (Å²) in [6.07, 6.45) is 5.57. The summed E-state index contributed by atoms with van der Waals surface area (Å²) >= 11 is 0. The van der Waals surface area contributed by atoms with E-state index in [1.807, 2.05) is 17.0 Å². The predicted molar refractivity (Wildman–Crippen MR) is 88.3 cm³/mol. The first-order chi connectivity index (χ1) is 10.8. The molecule has 22 heavy (non-hydrogen) atoms. The summed E-state index contributed by atoms with van der Waals surface area (Å²) in [5.41, 5.74) is 1.73. The summed E-state index contributed by atoms with van der Waals surface area (Å²) in [6.45, 7) is 8.96. The first-order valence-electron chi connectivity index (χ1n) is 8.50. The molecule has 1 aromatic heterocycles. The summed E-state index contributed by atoms with van der Waals surface area (Å²) in [4.78, 5) is 23.7. The van der Waals surface area contributed by atoms with Crippen LogP contribution in [0, 0.1) is 0 Å². The zero-order chi connectivity index (χ0) is 15.4. The van der Waals surface area contributed by atoms with Gasteiger partial charge in [-0.2, -0.15) is 0 Å². The number of aromatic nitrogens is 1. The Bertz CT molecular complexity index is 505. The largest absolute Gasteiger partial charge is 0.371 e. The Hall–Kier alpha value is -1.62. The van der Waals surface area contributed by atoms with Gasteiger partial charge in [-0.1, -0.05) is 6.92 Å². The highest BCUT2D eigenvalue weighted by Crippen LogP contribution is 2.20. The SMILES string of the molecule is CCN1CCN(C(=O)c2cc(N3CCCCC3)ccn2)CC1. The number of carbonyl (C=O) groups is 1. The maximum Gasteiger partial charge on any atom is 0.272 e. The molecular weight excluding hydrogens is 276 g/mol. The number of nitrogens with zero attached hydrogens (tertiary/aromatic N) is 4. The molecule has 0 spiro atoms. The van der Waals surface area contributed by atoms with Crippen LogP contribution in [-0.2, 0) is 0 Å². The molecule has 0 radical (unpaired) electrons. The third-order valence-corrected chi connectivity index (χ3v) is 4.79. The van der Waals surface area contributed by atoms with Crippen molar-refractivity contribution in [1.29, 1.82) is 0 Å². The third kappa shape index (κ3) is 3.40. The van der Waals surface area contributed by atoms with Gasteiger partial charge in [0.05, 0.1) is 0 Å². The number of hydrogen-bond acceptors (Lipinski definition) is 4. The summed E-state index contributed by atoms with van der Waals surface area (Å²) in [5, 5.41) is 0. The van der Waals surface area contributed by atoms with Crippen LogP contribution in [0.15, 0.2) is 18.3 Å². The van der Waals surface area contributed by atoms with Gasteiger partial charge in [-0.3, -0.25) is 9.78 Å². The maximum absolute atomic E-state index is 12.7. The molecule has 0 unspecified atom stereocenters. The maximum atomic E-state index is 12.7. The summed E-state index contributed by atoms with van der Waals surface area (Å²) in [6, 6.07) is 4.00. The molecule has 2 fully saturated rings. The fraction of sp³-hybridized carbons (Fsp3) is 0.647. The number of pyridine rings is 1. The van der Waals surface area contributed by atoms with Gasteiger partial charge in [0.25, 0.3) is 5.91 Å². The van der Waals surface area contributed by atoms with Gasteiger partial charge in [-0.15, -0.1) is 0 Å². The Morgan fingerprint density at radius 3 is 2.50 bits per heavy atom. The van der Waals surface area contributed by atoms with Gasteiger partial charge >= 0.3 is 0 Å². The molecule has 1 aromatic rings. The molecule has 2 aliphatic heterocycles.